The van der Waals surface area contributed by atoms with Crippen LogP contribution in [0.1, 0.15) is 27.2 Å². The van der Waals surface area contributed by atoms with E-state index in [4.69, 9.17) is 5.73 Å². The van der Waals surface area contributed by atoms with Crippen molar-refractivity contribution < 1.29 is 0 Å². The molecule has 1 rings (SSSR count). The molecule has 0 aliphatic carbocycles. The average molecular weight is 216 g/mol. The van der Waals surface area contributed by atoms with E-state index in [2.05, 4.69) is 44.5 Å². The first-order valence-electron chi connectivity index (χ1n) is 5.53. The fourth-order valence-electron chi connectivity index (χ4n) is 2.03. The molecule has 0 aromatic carbocycles. The fraction of sp³-hybridized carbons (Fsp3) is 1.00. The molecule has 0 amide bonds. The lowest BCUT2D eigenvalue weighted by molar-refractivity contribution is 0.0621. The van der Waals surface area contributed by atoms with E-state index in [1.807, 2.05) is 0 Å². The van der Waals surface area contributed by atoms with E-state index in [0.717, 1.165) is 12.6 Å². The predicted molar refractivity (Wildman–Crippen MR) is 65.8 cm³/mol. The number of nitrogens with two attached hydrogens (primary N) is 1. The fourth-order valence-corrected chi connectivity index (χ4v) is 3.30. The highest BCUT2D eigenvalue weighted by Crippen LogP contribution is 2.30. The molecule has 84 valence electrons. The van der Waals surface area contributed by atoms with Crippen molar-refractivity contribution in [2.75, 3.05) is 25.1 Å². The third-order valence-electron chi connectivity index (χ3n) is 3.92. The first kappa shape index (κ1) is 12.3. The van der Waals surface area contributed by atoms with Crippen LogP contribution in [0.4, 0.5) is 0 Å². The minimum absolute atomic E-state index is 0.162. The lowest BCUT2D eigenvalue weighted by Gasteiger charge is -2.44. The van der Waals surface area contributed by atoms with Crippen molar-refractivity contribution in [1.29, 1.82) is 0 Å². The van der Waals surface area contributed by atoms with Crippen LogP contribution >= 0.6 is 11.8 Å². The first-order chi connectivity index (χ1) is 6.52. The number of rotatable bonds is 4. The lowest BCUT2D eigenvalue weighted by atomic mass is 9.85. The van der Waals surface area contributed by atoms with Crippen molar-refractivity contribution in [3.05, 3.63) is 0 Å². The maximum absolute atomic E-state index is 5.93. The molecule has 2 atom stereocenters. The molecule has 0 aromatic rings. The summed E-state index contributed by atoms with van der Waals surface area (Å²) in [5.74, 6) is 3.20. The highest BCUT2D eigenvalue weighted by atomic mass is 32.2. The Morgan fingerprint density at radius 3 is 2.57 bits per heavy atom. The second kappa shape index (κ2) is 4.86. The van der Waals surface area contributed by atoms with Crippen LogP contribution in [0.25, 0.3) is 0 Å². The summed E-state index contributed by atoms with van der Waals surface area (Å²) in [7, 11) is 2.24. The Labute approximate surface area is 92.6 Å². The Hall–Kier alpha value is 0.270. The molecule has 0 spiro atoms. The maximum atomic E-state index is 5.93. The summed E-state index contributed by atoms with van der Waals surface area (Å²) < 4.78 is 0. The Morgan fingerprint density at radius 1 is 1.57 bits per heavy atom. The molecule has 1 saturated heterocycles. The number of hydrogen-bond donors (Lipinski definition) is 1. The van der Waals surface area contributed by atoms with Gasteiger partial charge in [0.15, 0.2) is 0 Å². The molecular weight excluding hydrogens is 192 g/mol. The van der Waals surface area contributed by atoms with Crippen LogP contribution in [-0.4, -0.2) is 41.6 Å². The SMILES string of the molecule is CC(C)C(C)(CN)N(C)C1CCSC1. The molecular formula is C11H24N2S. The Balaban J connectivity index is 2.67. The average Bonchev–Trinajstić information content (AvgIpc) is 2.67. The molecule has 1 aliphatic rings. The maximum Gasteiger partial charge on any atom is 0.0326 e. The van der Waals surface area contributed by atoms with E-state index in [1.54, 1.807) is 0 Å². The summed E-state index contributed by atoms with van der Waals surface area (Å²) in [5, 5.41) is 0. The van der Waals surface area contributed by atoms with Gasteiger partial charge in [-0.25, -0.2) is 0 Å². The summed E-state index contributed by atoms with van der Waals surface area (Å²) in [6, 6.07) is 0.732. The van der Waals surface area contributed by atoms with E-state index in [0.29, 0.717) is 5.92 Å². The van der Waals surface area contributed by atoms with Gasteiger partial charge < -0.3 is 5.73 Å². The van der Waals surface area contributed by atoms with Gasteiger partial charge in [0.25, 0.3) is 0 Å². The second-order valence-corrected chi connectivity index (χ2v) is 5.99. The van der Waals surface area contributed by atoms with Crippen LogP contribution in [0, 0.1) is 5.92 Å². The van der Waals surface area contributed by atoms with Crippen LogP contribution in [0.2, 0.25) is 0 Å². The molecule has 1 heterocycles. The zero-order valence-corrected chi connectivity index (χ0v) is 10.7. The largest absolute Gasteiger partial charge is 0.329 e. The van der Waals surface area contributed by atoms with Crippen LogP contribution in [0.3, 0.4) is 0 Å². The van der Waals surface area contributed by atoms with Crippen molar-refractivity contribution in [3.8, 4) is 0 Å². The molecule has 2 N–H and O–H groups in total. The summed E-state index contributed by atoms with van der Waals surface area (Å²) in [4.78, 5) is 2.51. The molecule has 14 heavy (non-hydrogen) atoms. The highest BCUT2D eigenvalue weighted by Gasteiger charge is 2.36. The van der Waals surface area contributed by atoms with Crippen molar-refractivity contribution in [3.63, 3.8) is 0 Å². The number of thioether (sulfide) groups is 1. The number of nitrogens with zero attached hydrogens (tertiary/aromatic N) is 1. The molecule has 0 bridgehead atoms. The lowest BCUT2D eigenvalue weighted by Crippen LogP contribution is -2.57. The zero-order valence-electron chi connectivity index (χ0n) is 9.92. The van der Waals surface area contributed by atoms with Crippen molar-refractivity contribution in [1.82, 2.24) is 4.90 Å². The minimum Gasteiger partial charge on any atom is -0.329 e. The summed E-state index contributed by atoms with van der Waals surface area (Å²) in [5.41, 5.74) is 6.09. The predicted octanol–water partition coefficient (Wildman–Crippen LogP) is 1.80. The molecule has 1 fully saturated rings. The molecule has 1 aliphatic heterocycles. The quantitative estimate of drug-likeness (QED) is 0.777. The van der Waals surface area contributed by atoms with Crippen LogP contribution in [-0.2, 0) is 0 Å². The van der Waals surface area contributed by atoms with Gasteiger partial charge in [0.05, 0.1) is 0 Å². The molecule has 0 saturated carbocycles. The van der Waals surface area contributed by atoms with E-state index >= 15 is 0 Å². The number of hydrogen-bond acceptors (Lipinski definition) is 3. The standard InChI is InChI=1S/C11H24N2S/c1-9(2)11(3,8-12)13(4)10-5-6-14-7-10/h9-10H,5-8,12H2,1-4H3. The molecule has 3 heteroatoms. The zero-order chi connectivity index (χ0) is 10.8. The van der Waals surface area contributed by atoms with Gasteiger partial charge in [-0.05, 0) is 32.1 Å². The van der Waals surface area contributed by atoms with E-state index in [9.17, 15) is 0 Å². The van der Waals surface area contributed by atoms with Gasteiger partial charge in [-0.15, -0.1) is 0 Å². The van der Waals surface area contributed by atoms with Crippen molar-refractivity contribution in [2.45, 2.75) is 38.8 Å². The van der Waals surface area contributed by atoms with Gasteiger partial charge in [-0.2, -0.15) is 11.8 Å². The van der Waals surface area contributed by atoms with Gasteiger partial charge in [0.1, 0.15) is 0 Å². The third kappa shape index (κ3) is 2.26. The number of likely N-dealkylation sites (N-methyl/N-ethyl adjacent to an activating group) is 1. The van der Waals surface area contributed by atoms with E-state index in [-0.39, 0.29) is 5.54 Å². The van der Waals surface area contributed by atoms with Gasteiger partial charge >= 0.3 is 0 Å². The molecule has 2 unspecified atom stereocenters. The Bertz CT molecular complexity index is 178. The van der Waals surface area contributed by atoms with E-state index in [1.165, 1.54) is 17.9 Å². The van der Waals surface area contributed by atoms with Crippen LogP contribution in [0.5, 0.6) is 0 Å². The highest BCUT2D eigenvalue weighted by molar-refractivity contribution is 7.99. The molecule has 0 radical (unpaired) electrons. The smallest absolute Gasteiger partial charge is 0.0326 e. The third-order valence-corrected chi connectivity index (χ3v) is 5.06. The summed E-state index contributed by atoms with van der Waals surface area (Å²) >= 11 is 2.07. The van der Waals surface area contributed by atoms with E-state index < -0.39 is 0 Å². The van der Waals surface area contributed by atoms with Gasteiger partial charge in [0.2, 0.25) is 0 Å². The summed E-state index contributed by atoms with van der Waals surface area (Å²) in [6.45, 7) is 7.58. The Kier molecular flexibility index (Phi) is 4.29. The van der Waals surface area contributed by atoms with Crippen molar-refractivity contribution in [2.24, 2.45) is 11.7 Å². The topological polar surface area (TPSA) is 29.3 Å². The van der Waals surface area contributed by atoms with Gasteiger partial charge in [0, 0.05) is 23.9 Å². The molecule has 0 aromatic heterocycles. The minimum atomic E-state index is 0.162. The molecule has 2 nitrogen and oxygen atoms in total. The van der Waals surface area contributed by atoms with Crippen molar-refractivity contribution >= 4 is 11.8 Å². The van der Waals surface area contributed by atoms with Gasteiger partial charge in [-0.3, -0.25) is 4.90 Å². The monoisotopic (exact) mass is 216 g/mol. The normalized spacial score (nSPS) is 27.2. The van der Waals surface area contributed by atoms with Crippen LogP contribution < -0.4 is 5.73 Å². The Morgan fingerprint density at radius 2 is 2.21 bits per heavy atom. The van der Waals surface area contributed by atoms with Crippen LogP contribution in [0.15, 0.2) is 0 Å². The second-order valence-electron chi connectivity index (χ2n) is 4.84. The first-order valence-corrected chi connectivity index (χ1v) is 6.68. The summed E-state index contributed by atoms with van der Waals surface area (Å²) in [6.07, 6.45) is 1.32. The van der Waals surface area contributed by atoms with Gasteiger partial charge in [-0.1, -0.05) is 13.8 Å².